The van der Waals surface area contributed by atoms with Gasteiger partial charge in [-0.05, 0) is 29.1 Å². The summed E-state index contributed by atoms with van der Waals surface area (Å²) >= 11 is 1.64. The average Bonchev–Trinajstić information content (AvgIpc) is 3.20. The molecule has 5 nitrogen and oxygen atoms in total. The molecule has 0 bridgehead atoms. The van der Waals surface area contributed by atoms with Gasteiger partial charge >= 0.3 is 0 Å². The van der Waals surface area contributed by atoms with Crippen molar-refractivity contribution in [2.75, 3.05) is 45.9 Å². The predicted molar refractivity (Wildman–Crippen MR) is 105 cm³/mol. The zero-order valence-corrected chi connectivity index (χ0v) is 16.2. The minimum atomic E-state index is -0.264. The van der Waals surface area contributed by atoms with Crippen molar-refractivity contribution >= 4 is 17.2 Å². The van der Waals surface area contributed by atoms with Crippen LogP contribution in [0.1, 0.15) is 10.4 Å². The molecule has 0 radical (unpaired) electrons. The van der Waals surface area contributed by atoms with Crippen molar-refractivity contribution in [3.63, 3.8) is 0 Å². The van der Waals surface area contributed by atoms with Crippen LogP contribution in [0.15, 0.2) is 41.8 Å². The Morgan fingerprint density at radius 2 is 1.96 bits per heavy atom. The summed E-state index contributed by atoms with van der Waals surface area (Å²) in [6, 6.07) is 10.3. The number of carbonyl (C=O) groups is 1. The van der Waals surface area contributed by atoms with Crippen molar-refractivity contribution < 1.29 is 13.9 Å². The van der Waals surface area contributed by atoms with Crippen molar-refractivity contribution in [3.05, 3.63) is 58.0 Å². The lowest BCUT2D eigenvalue weighted by atomic mass is 10.2. The quantitative estimate of drug-likeness (QED) is 0.667. The lowest BCUT2D eigenvalue weighted by molar-refractivity contribution is -0.131. The topological polar surface area (TPSA) is 44.8 Å². The first-order chi connectivity index (χ1) is 13.2. The third kappa shape index (κ3) is 6.70. The summed E-state index contributed by atoms with van der Waals surface area (Å²) < 4.78 is 18.5. The molecule has 1 saturated heterocycles. The average molecular weight is 392 g/mol. The SMILES string of the molecule is O=C(CNCCN1CCOCC1)N(Cc1ccc(F)cc1)Cc1cccs1. The molecule has 0 atom stereocenters. The van der Waals surface area contributed by atoms with Gasteiger partial charge in [0, 0.05) is 37.6 Å². The number of morpholine rings is 1. The summed E-state index contributed by atoms with van der Waals surface area (Å²) in [7, 11) is 0. The Hall–Kier alpha value is -1.80. The lowest BCUT2D eigenvalue weighted by Gasteiger charge is -2.27. The van der Waals surface area contributed by atoms with Gasteiger partial charge in [-0.15, -0.1) is 11.3 Å². The fourth-order valence-corrected chi connectivity index (χ4v) is 3.72. The van der Waals surface area contributed by atoms with E-state index in [1.54, 1.807) is 23.5 Å². The first-order valence-corrected chi connectivity index (χ1v) is 10.1. The Morgan fingerprint density at radius 1 is 1.19 bits per heavy atom. The van der Waals surface area contributed by atoms with Crippen molar-refractivity contribution in [1.82, 2.24) is 15.1 Å². The van der Waals surface area contributed by atoms with E-state index in [-0.39, 0.29) is 11.7 Å². The van der Waals surface area contributed by atoms with E-state index in [1.807, 2.05) is 22.4 Å². The molecule has 1 aliphatic rings. The molecule has 2 heterocycles. The van der Waals surface area contributed by atoms with E-state index in [0.717, 1.165) is 49.8 Å². The smallest absolute Gasteiger partial charge is 0.237 e. The van der Waals surface area contributed by atoms with Gasteiger partial charge in [0.1, 0.15) is 5.82 Å². The van der Waals surface area contributed by atoms with Gasteiger partial charge in [-0.2, -0.15) is 0 Å². The lowest BCUT2D eigenvalue weighted by Crippen LogP contribution is -2.43. The molecule has 27 heavy (non-hydrogen) atoms. The summed E-state index contributed by atoms with van der Waals surface area (Å²) in [5.74, 6) is -0.214. The first kappa shape index (κ1) is 19.9. The molecule has 1 amide bonds. The highest BCUT2D eigenvalue weighted by Gasteiger charge is 2.16. The molecule has 0 unspecified atom stereocenters. The van der Waals surface area contributed by atoms with Crippen LogP contribution >= 0.6 is 11.3 Å². The summed E-state index contributed by atoms with van der Waals surface area (Å²) in [4.78, 5) is 18.0. The molecule has 146 valence electrons. The molecule has 1 fully saturated rings. The Kier molecular flexibility index (Phi) is 7.77. The Balaban J connectivity index is 1.50. The van der Waals surface area contributed by atoms with Crippen LogP contribution in [-0.2, 0) is 22.6 Å². The standard InChI is InChI=1S/C20H26FN3O2S/c21-18-5-3-17(4-6-18)15-24(16-19-2-1-13-27-19)20(25)14-22-7-8-23-9-11-26-12-10-23/h1-6,13,22H,7-12,14-16H2. The Morgan fingerprint density at radius 3 is 2.67 bits per heavy atom. The third-order valence-corrected chi connectivity index (χ3v) is 5.41. The first-order valence-electron chi connectivity index (χ1n) is 9.26. The zero-order chi connectivity index (χ0) is 18.9. The van der Waals surface area contributed by atoms with Gasteiger partial charge in [0.25, 0.3) is 0 Å². The molecule has 1 aromatic carbocycles. The van der Waals surface area contributed by atoms with Crippen molar-refractivity contribution in [2.24, 2.45) is 0 Å². The fraction of sp³-hybridized carbons (Fsp3) is 0.450. The van der Waals surface area contributed by atoms with Gasteiger partial charge < -0.3 is 15.0 Å². The number of rotatable bonds is 9. The van der Waals surface area contributed by atoms with Crippen LogP contribution in [0.4, 0.5) is 4.39 Å². The molecule has 1 aliphatic heterocycles. The van der Waals surface area contributed by atoms with E-state index >= 15 is 0 Å². The van der Waals surface area contributed by atoms with E-state index in [9.17, 15) is 9.18 Å². The number of nitrogens with one attached hydrogen (secondary N) is 1. The van der Waals surface area contributed by atoms with E-state index in [0.29, 0.717) is 19.6 Å². The maximum absolute atomic E-state index is 13.1. The molecule has 0 saturated carbocycles. The number of halogens is 1. The molecule has 7 heteroatoms. The minimum absolute atomic E-state index is 0.0507. The van der Waals surface area contributed by atoms with Crippen molar-refractivity contribution in [1.29, 1.82) is 0 Å². The van der Waals surface area contributed by atoms with E-state index in [2.05, 4.69) is 10.2 Å². The molecular weight excluding hydrogens is 365 g/mol. The van der Waals surface area contributed by atoms with Gasteiger partial charge in [0.15, 0.2) is 0 Å². The van der Waals surface area contributed by atoms with Crippen LogP contribution in [0.5, 0.6) is 0 Å². The van der Waals surface area contributed by atoms with Crippen LogP contribution in [0, 0.1) is 5.82 Å². The second-order valence-electron chi connectivity index (χ2n) is 6.59. The third-order valence-electron chi connectivity index (χ3n) is 4.55. The number of carbonyl (C=O) groups excluding carboxylic acids is 1. The van der Waals surface area contributed by atoms with E-state index in [4.69, 9.17) is 4.74 Å². The van der Waals surface area contributed by atoms with Crippen LogP contribution in [0.2, 0.25) is 0 Å². The number of thiophene rings is 1. The maximum Gasteiger partial charge on any atom is 0.237 e. The van der Waals surface area contributed by atoms with Crippen LogP contribution in [0.3, 0.4) is 0 Å². The highest BCUT2D eigenvalue weighted by Crippen LogP contribution is 2.15. The number of ether oxygens (including phenoxy) is 1. The summed E-state index contributed by atoms with van der Waals surface area (Å²) in [5, 5.41) is 5.27. The molecule has 0 spiro atoms. The number of hydrogen-bond acceptors (Lipinski definition) is 5. The summed E-state index contributed by atoms with van der Waals surface area (Å²) in [6.07, 6.45) is 0. The number of hydrogen-bond donors (Lipinski definition) is 1. The van der Waals surface area contributed by atoms with Crippen molar-refractivity contribution in [2.45, 2.75) is 13.1 Å². The highest BCUT2D eigenvalue weighted by molar-refractivity contribution is 7.09. The molecule has 1 N–H and O–H groups in total. The summed E-state index contributed by atoms with van der Waals surface area (Å²) in [6.45, 7) is 6.50. The molecule has 2 aromatic rings. The van der Waals surface area contributed by atoms with Gasteiger partial charge in [-0.25, -0.2) is 4.39 Å². The number of benzene rings is 1. The molecule has 0 aliphatic carbocycles. The van der Waals surface area contributed by atoms with Crippen LogP contribution in [-0.4, -0.2) is 61.6 Å². The van der Waals surface area contributed by atoms with Gasteiger partial charge in [0.2, 0.25) is 5.91 Å². The van der Waals surface area contributed by atoms with E-state index < -0.39 is 0 Å². The molecule has 3 rings (SSSR count). The van der Waals surface area contributed by atoms with Crippen LogP contribution < -0.4 is 5.32 Å². The second kappa shape index (κ2) is 10.5. The second-order valence-corrected chi connectivity index (χ2v) is 7.62. The normalized spacial score (nSPS) is 15.0. The highest BCUT2D eigenvalue weighted by atomic mass is 32.1. The van der Waals surface area contributed by atoms with Crippen LogP contribution in [0.25, 0.3) is 0 Å². The Bertz CT molecular complexity index is 688. The minimum Gasteiger partial charge on any atom is -0.379 e. The van der Waals surface area contributed by atoms with E-state index in [1.165, 1.54) is 12.1 Å². The van der Waals surface area contributed by atoms with Gasteiger partial charge in [-0.1, -0.05) is 18.2 Å². The maximum atomic E-state index is 13.1. The predicted octanol–water partition coefficient (Wildman–Crippen LogP) is 2.34. The number of amides is 1. The fourth-order valence-electron chi connectivity index (χ4n) is 3.00. The zero-order valence-electron chi connectivity index (χ0n) is 15.4. The largest absolute Gasteiger partial charge is 0.379 e. The Labute approximate surface area is 163 Å². The molecule has 1 aromatic heterocycles. The van der Waals surface area contributed by atoms with Crippen molar-refractivity contribution in [3.8, 4) is 0 Å². The number of nitrogens with zero attached hydrogens (tertiary/aromatic N) is 2. The summed E-state index contributed by atoms with van der Waals surface area (Å²) in [5.41, 5.74) is 0.926. The monoisotopic (exact) mass is 391 g/mol. The van der Waals surface area contributed by atoms with Gasteiger partial charge in [-0.3, -0.25) is 9.69 Å². The molecular formula is C20H26FN3O2S. The van der Waals surface area contributed by atoms with Gasteiger partial charge in [0.05, 0.1) is 26.3 Å².